The number of nitrogens with zero attached hydrogens (tertiary/aromatic N) is 1. The molecular weight excluding hydrogens is 318 g/mol. The van der Waals surface area contributed by atoms with Crippen LogP contribution >= 0.6 is 27.5 Å². The van der Waals surface area contributed by atoms with Crippen molar-refractivity contribution in [3.05, 3.63) is 51.7 Å². The van der Waals surface area contributed by atoms with Gasteiger partial charge in [-0.1, -0.05) is 11.6 Å². The van der Waals surface area contributed by atoms with Crippen molar-refractivity contribution in [3.63, 3.8) is 0 Å². The Balaban J connectivity index is 2.27. The Morgan fingerprint density at radius 2 is 2.17 bits per heavy atom. The summed E-state index contributed by atoms with van der Waals surface area (Å²) in [5.74, 6) is -0.311. The average Bonchev–Trinajstić information content (AvgIpc) is 2.34. The first-order valence-corrected chi connectivity index (χ1v) is 6.21. The summed E-state index contributed by atoms with van der Waals surface area (Å²) in [4.78, 5) is 15.8. The van der Waals surface area contributed by atoms with Crippen LogP contribution in [0.2, 0.25) is 5.02 Å². The molecule has 0 saturated heterocycles. The fourth-order valence-electron chi connectivity index (χ4n) is 1.39. The summed E-state index contributed by atoms with van der Waals surface area (Å²) in [5, 5.41) is 3.03. The second kappa shape index (κ2) is 5.37. The SMILES string of the molecule is Nc1ccc(Br)c(NC(=O)c2ccncc2Cl)c1. The monoisotopic (exact) mass is 325 g/mol. The molecule has 0 atom stereocenters. The van der Waals surface area contributed by atoms with E-state index in [0.29, 0.717) is 22.0 Å². The Morgan fingerprint density at radius 3 is 2.89 bits per heavy atom. The number of carbonyl (C=O) groups is 1. The molecule has 3 N–H and O–H groups in total. The third-order valence-corrected chi connectivity index (χ3v) is 3.25. The molecule has 0 bridgehead atoms. The largest absolute Gasteiger partial charge is 0.399 e. The van der Waals surface area contributed by atoms with Gasteiger partial charge in [-0.25, -0.2) is 0 Å². The van der Waals surface area contributed by atoms with Crippen molar-refractivity contribution in [2.75, 3.05) is 11.1 Å². The molecule has 0 radical (unpaired) electrons. The first-order chi connectivity index (χ1) is 8.58. The molecule has 1 amide bonds. The van der Waals surface area contributed by atoms with Crippen LogP contribution in [0.1, 0.15) is 10.4 Å². The van der Waals surface area contributed by atoms with Crippen LogP contribution in [0.15, 0.2) is 41.1 Å². The van der Waals surface area contributed by atoms with Crippen LogP contribution in [-0.4, -0.2) is 10.9 Å². The number of benzene rings is 1. The molecule has 0 unspecified atom stereocenters. The summed E-state index contributed by atoms with van der Waals surface area (Å²) < 4.78 is 0.746. The number of nitrogens with one attached hydrogen (secondary N) is 1. The highest BCUT2D eigenvalue weighted by Crippen LogP contribution is 2.25. The molecule has 92 valence electrons. The normalized spacial score (nSPS) is 10.1. The van der Waals surface area contributed by atoms with Crippen LogP contribution in [0.5, 0.6) is 0 Å². The fourth-order valence-corrected chi connectivity index (χ4v) is 1.94. The number of pyridine rings is 1. The second-order valence-corrected chi connectivity index (χ2v) is 4.81. The smallest absolute Gasteiger partial charge is 0.257 e. The van der Waals surface area contributed by atoms with Crippen molar-refractivity contribution in [2.24, 2.45) is 0 Å². The van der Waals surface area contributed by atoms with Crippen molar-refractivity contribution in [3.8, 4) is 0 Å². The van der Waals surface area contributed by atoms with Gasteiger partial charge in [0, 0.05) is 22.6 Å². The number of aromatic nitrogens is 1. The number of amides is 1. The lowest BCUT2D eigenvalue weighted by Crippen LogP contribution is -2.13. The minimum atomic E-state index is -0.311. The summed E-state index contributed by atoms with van der Waals surface area (Å²) in [6.45, 7) is 0. The van der Waals surface area contributed by atoms with Crippen LogP contribution in [0.25, 0.3) is 0 Å². The summed E-state index contributed by atoms with van der Waals surface area (Å²) in [7, 11) is 0. The third kappa shape index (κ3) is 2.80. The predicted molar refractivity (Wildman–Crippen MR) is 75.8 cm³/mol. The molecule has 1 heterocycles. The Labute approximate surface area is 117 Å². The standard InChI is InChI=1S/C12H9BrClN3O/c13-9-2-1-7(15)5-11(9)17-12(18)8-3-4-16-6-10(8)14/h1-6H,15H2,(H,17,18). The van der Waals surface area contributed by atoms with E-state index < -0.39 is 0 Å². The van der Waals surface area contributed by atoms with E-state index in [1.54, 1.807) is 24.3 Å². The maximum absolute atomic E-state index is 12.0. The van der Waals surface area contributed by atoms with Crippen molar-refractivity contribution in [1.82, 2.24) is 4.98 Å². The van der Waals surface area contributed by atoms with E-state index in [1.165, 1.54) is 12.4 Å². The molecule has 1 aromatic carbocycles. The van der Waals surface area contributed by atoms with Gasteiger partial charge in [-0.15, -0.1) is 0 Å². The lowest BCUT2D eigenvalue weighted by molar-refractivity contribution is 0.102. The van der Waals surface area contributed by atoms with Crippen LogP contribution in [0, 0.1) is 0 Å². The Hall–Kier alpha value is -1.59. The van der Waals surface area contributed by atoms with Crippen LogP contribution in [0.3, 0.4) is 0 Å². The van der Waals surface area contributed by atoms with E-state index in [9.17, 15) is 4.79 Å². The predicted octanol–water partition coefficient (Wildman–Crippen LogP) is 3.33. The number of carbonyl (C=O) groups excluding carboxylic acids is 1. The number of halogens is 2. The van der Waals surface area contributed by atoms with E-state index in [0.717, 1.165) is 4.47 Å². The summed E-state index contributed by atoms with van der Waals surface area (Å²) in [6.07, 6.45) is 2.93. The molecule has 0 aliphatic carbocycles. The zero-order valence-electron chi connectivity index (χ0n) is 9.15. The van der Waals surface area contributed by atoms with Crippen LogP contribution in [-0.2, 0) is 0 Å². The number of nitrogen functional groups attached to an aromatic ring is 1. The molecule has 18 heavy (non-hydrogen) atoms. The van der Waals surface area contributed by atoms with E-state index in [2.05, 4.69) is 26.2 Å². The third-order valence-electron chi connectivity index (χ3n) is 2.26. The van der Waals surface area contributed by atoms with Crippen LogP contribution in [0.4, 0.5) is 11.4 Å². The van der Waals surface area contributed by atoms with Crippen LogP contribution < -0.4 is 11.1 Å². The molecule has 0 saturated carbocycles. The molecule has 1 aromatic heterocycles. The average molecular weight is 327 g/mol. The number of rotatable bonds is 2. The molecule has 6 heteroatoms. The zero-order chi connectivity index (χ0) is 13.1. The van der Waals surface area contributed by atoms with Crippen molar-refractivity contribution in [1.29, 1.82) is 0 Å². The second-order valence-electron chi connectivity index (χ2n) is 3.55. The number of hydrogen-bond acceptors (Lipinski definition) is 3. The molecule has 0 fully saturated rings. The zero-order valence-corrected chi connectivity index (χ0v) is 11.5. The molecule has 2 aromatic rings. The summed E-state index contributed by atoms with van der Waals surface area (Å²) in [5.41, 5.74) is 7.18. The maximum Gasteiger partial charge on any atom is 0.257 e. The fraction of sp³-hybridized carbons (Fsp3) is 0. The Morgan fingerprint density at radius 1 is 1.39 bits per heavy atom. The Kier molecular flexibility index (Phi) is 3.84. The first-order valence-electron chi connectivity index (χ1n) is 5.04. The quantitative estimate of drug-likeness (QED) is 0.832. The summed E-state index contributed by atoms with van der Waals surface area (Å²) >= 11 is 9.23. The van der Waals surface area contributed by atoms with Gasteiger partial charge in [0.15, 0.2) is 0 Å². The first kappa shape index (κ1) is 12.9. The minimum Gasteiger partial charge on any atom is -0.399 e. The van der Waals surface area contributed by atoms with E-state index in [1.807, 2.05) is 0 Å². The van der Waals surface area contributed by atoms with Gasteiger partial charge >= 0.3 is 0 Å². The van der Waals surface area contributed by atoms with Gasteiger partial charge in [0.25, 0.3) is 5.91 Å². The lowest BCUT2D eigenvalue weighted by atomic mass is 10.2. The van der Waals surface area contributed by atoms with Crippen molar-refractivity contribution in [2.45, 2.75) is 0 Å². The topological polar surface area (TPSA) is 68.0 Å². The van der Waals surface area contributed by atoms with Gasteiger partial charge in [0.1, 0.15) is 0 Å². The van der Waals surface area contributed by atoms with Gasteiger partial charge in [0.2, 0.25) is 0 Å². The molecule has 0 aliphatic rings. The number of hydrogen-bond donors (Lipinski definition) is 2. The van der Waals surface area contributed by atoms with Gasteiger partial charge < -0.3 is 11.1 Å². The molecule has 0 aliphatic heterocycles. The van der Waals surface area contributed by atoms with Gasteiger partial charge in [-0.05, 0) is 40.2 Å². The van der Waals surface area contributed by atoms with E-state index in [4.69, 9.17) is 17.3 Å². The highest BCUT2D eigenvalue weighted by atomic mass is 79.9. The lowest BCUT2D eigenvalue weighted by Gasteiger charge is -2.09. The number of nitrogens with two attached hydrogens (primary N) is 1. The van der Waals surface area contributed by atoms with E-state index in [-0.39, 0.29) is 5.91 Å². The van der Waals surface area contributed by atoms with Gasteiger partial charge in [0.05, 0.1) is 16.3 Å². The highest BCUT2D eigenvalue weighted by molar-refractivity contribution is 9.10. The number of anilines is 2. The highest BCUT2D eigenvalue weighted by Gasteiger charge is 2.11. The maximum atomic E-state index is 12.0. The molecule has 4 nitrogen and oxygen atoms in total. The molecule has 2 rings (SSSR count). The minimum absolute atomic E-state index is 0.301. The molecular formula is C12H9BrClN3O. The summed E-state index contributed by atoms with van der Waals surface area (Å²) in [6, 6.07) is 6.72. The van der Waals surface area contributed by atoms with Crippen molar-refractivity contribution < 1.29 is 4.79 Å². The van der Waals surface area contributed by atoms with Gasteiger partial charge in [-0.2, -0.15) is 0 Å². The van der Waals surface area contributed by atoms with Crippen molar-refractivity contribution >= 4 is 44.8 Å². The van der Waals surface area contributed by atoms with E-state index >= 15 is 0 Å². The Bertz CT molecular complexity index is 604. The molecule has 0 spiro atoms. The van der Waals surface area contributed by atoms with Gasteiger partial charge in [-0.3, -0.25) is 9.78 Å².